The number of benzene rings is 1. The summed E-state index contributed by atoms with van der Waals surface area (Å²) < 4.78 is 0. The number of aliphatic hydroxyl groups is 1. The van der Waals surface area contributed by atoms with Crippen LogP contribution in [-0.2, 0) is 30.4 Å². The van der Waals surface area contributed by atoms with E-state index in [1.54, 1.807) is 44.2 Å². The lowest BCUT2D eigenvalue weighted by molar-refractivity contribution is -0.143. The molecule has 1 rings (SSSR count). The molecule has 8 N–H and O–H groups in total. The van der Waals surface area contributed by atoms with Crippen molar-refractivity contribution in [3.05, 3.63) is 35.9 Å². The van der Waals surface area contributed by atoms with Gasteiger partial charge in [0.15, 0.2) is 0 Å². The second-order valence-electron chi connectivity index (χ2n) is 8.73. The number of carbonyl (C=O) groups is 5. The molecule has 0 saturated carbocycles. The van der Waals surface area contributed by atoms with Crippen LogP contribution in [0.1, 0.15) is 45.6 Å². The van der Waals surface area contributed by atoms with Gasteiger partial charge in [0.25, 0.3) is 0 Å². The van der Waals surface area contributed by atoms with E-state index < -0.39 is 65.8 Å². The molecule has 0 heterocycles. The summed E-state index contributed by atoms with van der Waals surface area (Å²) in [4.78, 5) is 60.8. The lowest BCUT2D eigenvalue weighted by Crippen LogP contribution is -2.61. The van der Waals surface area contributed by atoms with Crippen LogP contribution in [0, 0.1) is 5.92 Å². The van der Waals surface area contributed by atoms with Crippen LogP contribution < -0.4 is 21.7 Å². The average molecular weight is 509 g/mol. The topological polar surface area (TPSA) is 208 Å². The lowest BCUT2D eigenvalue weighted by atomic mass is 9.96. The fourth-order valence-corrected chi connectivity index (χ4v) is 3.33. The zero-order valence-electron chi connectivity index (χ0n) is 20.6. The standard InChI is InChI=1S/C24H36N4O8/c1-4-13(2)19(22(33)26-17(24(35)36)12-15-8-6-5-7-9-15)27-23(34)20(14(3)29)28-21(32)16(25)10-11-18(30)31/h5-9,13-14,16-17,19-20,29H,4,10-12,25H2,1-3H3,(H,26,33)(H,27,34)(H,28,32)(H,30,31)(H,35,36). The first kappa shape index (κ1) is 30.5. The Bertz CT molecular complexity index is 909. The Labute approximate surface area is 209 Å². The number of hydrogen-bond acceptors (Lipinski definition) is 7. The Morgan fingerprint density at radius 2 is 1.44 bits per heavy atom. The second-order valence-corrected chi connectivity index (χ2v) is 8.73. The highest BCUT2D eigenvalue weighted by molar-refractivity contribution is 5.94. The van der Waals surface area contributed by atoms with Crippen molar-refractivity contribution in [3.63, 3.8) is 0 Å². The van der Waals surface area contributed by atoms with Crippen molar-refractivity contribution >= 4 is 29.7 Å². The van der Waals surface area contributed by atoms with E-state index in [2.05, 4.69) is 16.0 Å². The Hall–Kier alpha value is -3.51. The molecular weight excluding hydrogens is 472 g/mol. The summed E-state index contributed by atoms with van der Waals surface area (Å²) in [5.41, 5.74) is 6.37. The summed E-state index contributed by atoms with van der Waals surface area (Å²) in [5, 5.41) is 35.7. The molecule has 0 aliphatic carbocycles. The molecule has 12 nitrogen and oxygen atoms in total. The SMILES string of the molecule is CCC(C)C(NC(=O)C(NC(=O)C(N)CCC(=O)O)C(C)O)C(=O)NC(Cc1ccccc1)C(=O)O. The molecule has 0 aliphatic rings. The number of rotatable bonds is 15. The molecule has 12 heteroatoms. The van der Waals surface area contributed by atoms with Gasteiger partial charge in [-0.1, -0.05) is 50.6 Å². The van der Waals surface area contributed by atoms with Crippen molar-refractivity contribution in [3.8, 4) is 0 Å². The highest BCUT2D eigenvalue weighted by atomic mass is 16.4. The fraction of sp³-hybridized carbons (Fsp3) is 0.542. The third-order valence-corrected chi connectivity index (χ3v) is 5.76. The van der Waals surface area contributed by atoms with Crippen LogP contribution >= 0.6 is 0 Å². The van der Waals surface area contributed by atoms with Gasteiger partial charge in [-0.3, -0.25) is 19.2 Å². The molecule has 0 bridgehead atoms. The first-order chi connectivity index (χ1) is 16.9. The van der Waals surface area contributed by atoms with Crippen LogP contribution in [0.15, 0.2) is 30.3 Å². The molecule has 3 amide bonds. The summed E-state index contributed by atoms with van der Waals surface area (Å²) in [6.45, 7) is 4.73. The Kier molecular flexibility index (Phi) is 12.5. The van der Waals surface area contributed by atoms with E-state index in [-0.39, 0.29) is 19.3 Å². The number of hydrogen-bond donors (Lipinski definition) is 7. The zero-order chi connectivity index (χ0) is 27.4. The monoisotopic (exact) mass is 508 g/mol. The summed E-state index contributed by atoms with van der Waals surface area (Å²) >= 11 is 0. The number of amides is 3. The summed E-state index contributed by atoms with van der Waals surface area (Å²) in [6.07, 6.45) is -1.41. The fourth-order valence-electron chi connectivity index (χ4n) is 3.33. The van der Waals surface area contributed by atoms with Crippen LogP contribution in [0.4, 0.5) is 0 Å². The van der Waals surface area contributed by atoms with Gasteiger partial charge in [0.05, 0.1) is 12.1 Å². The molecule has 200 valence electrons. The van der Waals surface area contributed by atoms with Gasteiger partial charge in [0, 0.05) is 12.8 Å². The van der Waals surface area contributed by atoms with Crippen LogP contribution in [0.5, 0.6) is 0 Å². The van der Waals surface area contributed by atoms with Crippen molar-refractivity contribution in [2.45, 2.75) is 76.7 Å². The Balaban J connectivity index is 2.97. The summed E-state index contributed by atoms with van der Waals surface area (Å²) in [7, 11) is 0. The lowest BCUT2D eigenvalue weighted by Gasteiger charge is -2.29. The van der Waals surface area contributed by atoms with Crippen molar-refractivity contribution < 1.29 is 39.3 Å². The highest BCUT2D eigenvalue weighted by Crippen LogP contribution is 2.11. The molecule has 0 radical (unpaired) electrons. The van der Waals surface area contributed by atoms with E-state index in [0.29, 0.717) is 12.0 Å². The number of nitrogens with two attached hydrogens (primary N) is 1. The normalized spacial score (nSPS) is 15.9. The van der Waals surface area contributed by atoms with E-state index in [1.165, 1.54) is 6.92 Å². The van der Waals surface area contributed by atoms with E-state index in [4.69, 9.17) is 10.8 Å². The molecule has 6 unspecified atom stereocenters. The van der Waals surface area contributed by atoms with Crippen LogP contribution in [0.25, 0.3) is 0 Å². The molecule has 0 aromatic heterocycles. The van der Waals surface area contributed by atoms with Gasteiger partial charge in [-0.25, -0.2) is 4.79 Å². The maximum Gasteiger partial charge on any atom is 0.326 e. The minimum atomic E-state index is -1.48. The first-order valence-electron chi connectivity index (χ1n) is 11.7. The summed E-state index contributed by atoms with van der Waals surface area (Å²) in [5.74, 6) is -5.24. The summed E-state index contributed by atoms with van der Waals surface area (Å²) in [6, 6.07) is 3.63. The molecule has 1 aromatic carbocycles. The maximum absolute atomic E-state index is 13.0. The number of aliphatic carboxylic acids is 2. The molecule has 1 aromatic rings. The third-order valence-electron chi connectivity index (χ3n) is 5.76. The molecule has 6 atom stereocenters. The van der Waals surface area contributed by atoms with Gasteiger partial charge in [0.2, 0.25) is 17.7 Å². The maximum atomic E-state index is 13.0. The van der Waals surface area contributed by atoms with Gasteiger partial charge < -0.3 is 37.0 Å². The van der Waals surface area contributed by atoms with Gasteiger partial charge in [-0.2, -0.15) is 0 Å². The number of carboxylic acids is 2. The number of carboxylic acid groups (broad SMARTS) is 2. The van der Waals surface area contributed by atoms with Gasteiger partial charge in [-0.05, 0) is 24.8 Å². The predicted octanol–water partition coefficient (Wildman–Crippen LogP) is -0.613. The van der Waals surface area contributed by atoms with Gasteiger partial charge in [0.1, 0.15) is 18.1 Å². The molecule has 0 saturated heterocycles. The second kappa shape index (κ2) is 14.8. The average Bonchev–Trinajstić information content (AvgIpc) is 2.83. The van der Waals surface area contributed by atoms with E-state index in [0.717, 1.165) is 0 Å². The smallest absolute Gasteiger partial charge is 0.326 e. The quantitative estimate of drug-likeness (QED) is 0.161. The zero-order valence-corrected chi connectivity index (χ0v) is 20.6. The Morgan fingerprint density at radius 3 is 1.94 bits per heavy atom. The van der Waals surface area contributed by atoms with E-state index in [9.17, 15) is 34.2 Å². The number of nitrogens with one attached hydrogen (secondary N) is 3. The van der Waals surface area contributed by atoms with Crippen LogP contribution in [0.2, 0.25) is 0 Å². The van der Waals surface area contributed by atoms with E-state index in [1.807, 2.05) is 0 Å². The van der Waals surface area contributed by atoms with Crippen molar-refractivity contribution in [2.24, 2.45) is 11.7 Å². The van der Waals surface area contributed by atoms with Gasteiger partial charge in [-0.15, -0.1) is 0 Å². The molecule has 36 heavy (non-hydrogen) atoms. The number of carbonyl (C=O) groups excluding carboxylic acids is 3. The van der Waals surface area contributed by atoms with Crippen molar-refractivity contribution in [2.75, 3.05) is 0 Å². The predicted molar refractivity (Wildman–Crippen MR) is 130 cm³/mol. The first-order valence-corrected chi connectivity index (χ1v) is 11.7. The molecule has 0 fully saturated rings. The Morgan fingerprint density at radius 1 is 0.889 bits per heavy atom. The van der Waals surface area contributed by atoms with Crippen LogP contribution in [0.3, 0.4) is 0 Å². The minimum Gasteiger partial charge on any atom is -0.481 e. The minimum absolute atomic E-state index is 0.0314. The van der Waals surface area contributed by atoms with E-state index >= 15 is 0 Å². The molecular formula is C24H36N4O8. The third kappa shape index (κ3) is 10.0. The molecule has 0 spiro atoms. The molecule has 0 aliphatic heterocycles. The largest absolute Gasteiger partial charge is 0.481 e. The van der Waals surface area contributed by atoms with Crippen molar-refractivity contribution in [1.29, 1.82) is 0 Å². The van der Waals surface area contributed by atoms with Gasteiger partial charge >= 0.3 is 11.9 Å². The van der Waals surface area contributed by atoms with Crippen LogP contribution in [-0.4, -0.2) is 75.3 Å². The number of aliphatic hydroxyl groups excluding tert-OH is 1. The highest BCUT2D eigenvalue weighted by Gasteiger charge is 2.34. The van der Waals surface area contributed by atoms with Crippen molar-refractivity contribution in [1.82, 2.24) is 16.0 Å².